The summed E-state index contributed by atoms with van der Waals surface area (Å²) in [5.74, 6) is -0.962. The molecule has 3 rings (SSSR count). The lowest BCUT2D eigenvalue weighted by molar-refractivity contribution is 0.0934. The van der Waals surface area contributed by atoms with Gasteiger partial charge >= 0.3 is 13.6 Å². The monoisotopic (exact) mass is 501 g/mol. The molecule has 0 saturated heterocycles. The first-order chi connectivity index (χ1) is 16.9. The molecule has 3 aromatic rings. The number of hydrogen-bond donors (Lipinski definition) is 1. The summed E-state index contributed by atoms with van der Waals surface area (Å²) < 4.78 is 40.8. The first kappa shape index (κ1) is 26.2. The van der Waals surface area contributed by atoms with Gasteiger partial charge in [-0.1, -0.05) is 42.5 Å². The normalized spacial score (nSPS) is 12.0. The van der Waals surface area contributed by atoms with Crippen LogP contribution in [0.1, 0.15) is 35.6 Å². The smallest absolute Gasteiger partial charge is 0.357 e. The summed E-state index contributed by atoms with van der Waals surface area (Å²) in [5.41, 5.74) is 0.740. The molecule has 0 aliphatic heterocycles. The van der Waals surface area contributed by atoms with E-state index in [1.54, 1.807) is 62.4 Å². The summed E-state index contributed by atoms with van der Waals surface area (Å²) in [4.78, 5) is 21.7. The Morgan fingerprint density at radius 1 is 0.914 bits per heavy atom. The molecular formula is C24H28N3O7P. The quantitative estimate of drug-likeness (QED) is 0.343. The number of methoxy groups -OCH3 is 2. The molecule has 11 heteroatoms. The maximum atomic E-state index is 13.7. The third kappa shape index (κ3) is 6.57. The lowest BCUT2D eigenvalue weighted by Gasteiger charge is -2.27. The van der Waals surface area contributed by atoms with Gasteiger partial charge in [0.05, 0.1) is 39.1 Å². The fourth-order valence-corrected chi connectivity index (χ4v) is 5.11. The molecule has 0 spiro atoms. The average Bonchev–Trinajstić information content (AvgIpc) is 2.88. The predicted octanol–water partition coefficient (Wildman–Crippen LogP) is 4.98. The lowest BCUT2D eigenvalue weighted by Crippen LogP contribution is -2.30. The van der Waals surface area contributed by atoms with Crippen molar-refractivity contribution in [3.8, 4) is 23.5 Å². The van der Waals surface area contributed by atoms with Gasteiger partial charge in [-0.2, -0.15) is 9.97 Å². The molecule has 1 amide bonds. The van der Waals surface area contributed by atoms with Crippen LogP contribution in [0.4, 0.5) is 0 Å². The van der Waals surface area contributed by atoms with Crippen LogP contribution in [-0.4, -0.2) is 43.3 Å². The van der Waals surface area contributed by atoms with Crippen molar-refractivity contribution in [1.29, 1.82) is 0 Å². The Morgan fingerprint density at radius 3 is 2.06 bits per heavy atom. The Hall–Kier alpha value is -3.46. The number of nitrogens with one attached hydrogen (secondary N) is 1. The first-order valence-electron chi connectivity index (χ1n) is 10.9. The molecule has 186 valence electrons. The highest BCUT2D eigenvalue weighted by molar-refractivity contribution is 7.54. The minimum absolute atomic E-state index is 0.0737. The Labute approximate surface area is 204 Å². The van der Waals surface area contributed by atoms with Gasteiger partial charge in [0.2, 0.25) is 11.8 Å². The molecule has 1 N–H and O–H groups in total. The van der Waals surface area contributed by atoms with Gasteiger partial charge in [0, 0.05) is 0 Å². The number of para-hydroxylation sites is 1. The van der Waals surface area contributed by atoms with Gasteiger partial charge in [-0.05, 0) is 31.5 Å². The zero-order valence-corrected chi connectivity index (χ0v) is 20.9. The predicted molar refractivity (Wildman–Crippen MR) is 129 cm³/mol. The van der Waals surface area contributed by atoms with E-state index in [9.17, 15) is 9.36 Å². The second-order valence-corrected chi connectivity index (χ2v) is 9.11. The van der Waals surface area contributed by atoms with Crippen LogP contribution in [0.3, 0.4) is 0 Å². The summed E-state index contributed by atoms with van der Waals surface area (Å²) in [5, 5.41) is 2.81. The van der Waals surface area contributed by atoms with E-state index < -0.39 is 19.3 Å². The second kappa shape index (κ2) is 12.3. The van der Waals surface area contributed by atoms with Crippen LogP contribution < -0.4 is 19.5 Å². The maximum Gasteiger partial charge on any atom is 0.357 e. The number of nitrogens with zero attached hydrogens (tertiary/aromatic N) is 2. The molecule has 0 aliphatic carbocycles. The topological polar surface area (TPSA) is 118 Å². The molecule has 1 aromatic heterocycles. The standard InChI is InChI=1S/C24H28N3O7P/c1-5-32-35(29,33-6-2)23(17-12-8-7-9-13-17)27-22(28)18-14-10-11-15-19(18)34-24-25-20(30-3)16-21(26-24)31-4/h7-16,23H,5-6H2,1-4H3,(H,27,28). The van der Waals surface area contributed by atoms with Crippen molar-refractivity contribution in [1.82, 2.24) is 15.3 Å². The van der Waals surface area contributed by atoms with E-state index in [-0.39, 0.29) is 42.3 Å². The van der Waals surface area contributed by atoms with Crippen LogP contribution in [-0.2, 0) is 13.6 Å². The number of carbonyl (C=O) groups is 1. The SMILES string of the molecule is CCOP(=O)(OCC)C(NC(=O)c1ccccc1Oc1nc(OC)cc(OC)n1)c1ccccc1. The van der Waals surface area contributed by atoms with Crippen molar-refractivity contribution in [2.45, 2.75) is 19.6 Å². The number of amides is 1. The van der Waals surface area contributed by atoms with Gasteiger partial charge < -0.3 is 28.6 Å². The maximum absolute atomic E-state index is 13.7. The zero-order valence-electron chi connectivity index (χ0n) is 20.0. The zero-order chi connectivity index (χ0) is 25.3. The number of benzene rings is 2. The van der Waals surface area contributed by atoms with E-state index in [1.807, 2.05) is 6.07 Å². The molecule has 0 bridgehead atoms. The average molecular weight is 501 g/mol. The molecule has 0 saturated carbocycles. The van der Waals surface area contributed by atoms with Gasteiger partial charge in [0.1, 0.15) is 5.75 Å². The summed E-state index contributed by atoms with van der Waals surface area (Å²) in [6.45, 7) is 3.71. The number of aromatic nitrogens is 2. The molecule has 2 aromatic carbocycles. The Morgan fingerprint density at radius 2 is 1.49 bits per heavy atom. The Kier molecular flexibility index (Phi) is 9.19. The first-order valence-corrected chi connectivity index (χ1v) is 12.5. The summed E-state index contributed by atoms with van der Waals surface area (Å²) in [6.07, 6.45) is 0. The minimum atomic E-state index is -3.76. The lowest BCUT2D eigenvalue weighted by atomic mass is 10.1. The van der Waals surface area contributed by atoms with Crippen LogP contribution in [0.15, 0.2) is 60.7 Å². The van der Waals surface area contributed by atoms with Crippen LogP contribution in [0.25, 0.3) is 0 Å². The number of rotatable bonds is 12. The van der Waals surface area contributed by atoms with Gasteiger partial charge in [-0.3, -0.25) is 9.36 Å². The van der Waals surface area contributed by atoms with E-state index in [0.717, 1.165) is 0 Å². The van der Waals surface area contributed by atoms with E-state index in [2.05, 4.69) is 15.3 Å². The van der Waals surface area contributed by atoms with Gasteiger partial charge in [-0.25, -0.2) is 0 Å². The summed E-state index contributed by atoms with van der Waals surface area (Å²) in [6, 6.07) is 16.8. The number of carbonyl (C=O) groups excluding carboxylic acids is 1. The van der Waals surface area contributed by atoms with Crippen molar-refractivity contribution >= 4 is 13.5 Å². The third-order valence-electron chi connectivity index (χ3n) is 4.73. The molecule has 10 nitrogen and oxygen atoms in total. The van der Waals surface area contributed by atoms with Crippen LogP contribution >= 0.6 is 7.60 Å². The van der Waals surface area contributed by atoms with E-state index in [0.29, 0.717) is 5.56 Å². The molecule has 1 atom stereocenters. The minimum Gasteiger partial charge on any atom is -0.481 e. The molecule has 0 fully saturated rings. The van der Waals surface area contributed by atoms with E-state index in [1.165, 1.54) is 20.3 Å². The highest BCUT2D eigenvalue weighted by Crippen LogP contribution is 2.59. The van der Waals surface area contributed by atoms with Gasteiger partial charge in [0.15, 0.2) is 5.78 Å². The molecule has 0 radical (unpaired) electrons. The summed E-state index contributed by atoms with van der Waals surface area (Å²) in [7, 11) is -0.859. The molecule has 1 unspecified atom stereocenters. The highest BCUT2D eigenvalue weighted by atomic mass is 31.2. The number of hydrogen-bond acceptors (Lipinski definition) is 9. The molecule has 0 aliphatic rings. The fourth-order valence-electron chi connectivity index (χ4n) is 3.21. The van der Waals surface area contributed by atoms with Gasteiger partial charge in [-0.15, -0.1) is 0 Å². The van der Waals surface area contributed by atoms with E-state index in [4.69, 9.17) is 23.3 Å². The van der Waals surface area contributed by atoms with Gasteiger partial charge in [0.25, 0.3) is 5.91 Å². The summed E-state index contributed by atoms with van der Waals surface area (Å²) >= 11 is 0. The van der Waals surface area contributed by atoms with Crippen molar-refractivity contribution in [3.63, 3.8) is 0 Å². The number of ether oxygens (including phenoxy) is 3. The third-order valence-corrected chi connectivity index (χ3v) is 7.02. The van der Waals surface area contributed by atoms with Crippen LogP contribution in [0.2, 0.25) is 0 Å². The highest BCUT2D eigenvalue weighted by Gasteiger charge is 2.38. The van der Waals surface area contributed by atoms with Crippen LogP contribution in [0, 0.1) is 0 Å². The Balaban J connectivity index is 1.95. The largest absolute Gasteiger partial charge is 0.481 e. The van der Waals surface area contributed by atoms with Crippen LogP contribution in [0.5, 0.6) is 23.5 Å². The second-order valence-electron chi connectivity index (χ2n) is 7.00. The van der Waals surface area contributed by atoms with Crippen molar-refractivity contribution in [2.24, 2.45) is 0 Å². The van der Waals surface area contributed by atoms with E-state index >= 15 is 0 Å². The van der Waals surface area contributed by atoms with Crippen molar-refractivity contribution < 1.29 is 32.6 Å². The van der Waals surface area contributed by atoms with Crippen molar-refractivity contribution in [3.05, 3.63) is 71.8 Å². The molecule has 1 heterocycles. The fraction of sp³-hybridized carbons (Fsp3) is 0.292. The Bertz CT molecular complexity index is 1140. The molecule has 35 heavy (non-hydrogen) atoms. The van der Waals surface area contributed by atoms with Crippen molar-refractivity contribution in [2.75, 3.05) is 27.4 Å². The molecular weight excluding hydrogens is 473 g/mol.